The number of nitrogens with zero attached hydrogens (tertiary/aromatic N) is 2. The fourth-order valence-electron chi connectivity index (χ4n) is 3.02. The zero-order valence-electron chi connectivity index (χ0n) is 15.1. The van der Waals surface area contributed by atoms with Gasteiger partial charge in [0.05, 0.1) is 0 Å². The van der Waals surface area contributed by atoms with Crippen LogP contribution in [0.4, 0.5) is 4.39 Å². The molecule has 7 heteroatoms. The molecular weight excluding hydrogens is 369 g/mol. The Bertz CT molecular complexity index is 788. The van der Waals surface area contributed by atoms with E-state index < -0.39 is 6.04 Å². The van der Waals surface area contributed by atoms with Gasteiger partial charge in [-0.25, -0.2) is 4.39 Å². The first-order valence-electron chi connectivity index (χ1n) is 8.61. The summed E-state index contributed by atoms with van der Waals surface area (Å²) in [6.07, 6.45) is 0. The van der Waals surface area contributed by atoms with Crippen molar-refractivity contribution in [3.63, 3.8) is 0 Å². The number of piperazine rings is 1. The second-order valence-corrected chi connectivity index (χ2v) is 6.51. The molecule has 2 aromatic carbocycles. The maximum absolute atomic E-state index is 13.0. The molecule has 1 heterocycles. The smallest absolute Gasteiger partial charge is 0.253 e. The van der Waals surface area contributed by atoms with Crippen molar-refractivity contribution in [2.24, 2.45) is 5.73 Å². The average Bonchev–Trinajstić information content (AvgIpc) is 2.67. The van der Waals surface area contributed by atoms with Gasteiger partial charge in [-0.1, -0.05) is 29.8 Å². The van der Waals surface area contributed by atoms with Gasteiger partial charge >= 0.3 is 0 Å². The third-order valence-corrected chi connectivity index (χ3v) is 4.67. The van der Waals surface area contributed by atoms with Crippen molar-refractivity contribution in [3.05, 3.63) is 71.0 Å². The highest BCUT2D eigenvalue weighted by Gasteiger charge is 2.28. The van der Waals surface area contributed by atoms with Gasteiger partial charge in [0.2, 0.25) is 5.91 Å². The minimum atomic E-state index is -0.699. The Morgan fingerprint density at radius 3 is 2.00 bits per heavy atom. The molecule has 1 aliphatic heterocycles. The Morgan fingerprint density at radius 1 is 0.926 bits per heavy atom. The number of rotatable bonds is 3. The fraction of sp³-hybridized carbons (Fsp3) is 0.300. The summed E-state index contributed by atoms with van der Waals surface area (Å²) < 4.78 is 13.0. The number of halogens is 2. The lowest BCUT2D eigenvalue weighted by atomic mass is 10.0. The largest absolute Gasteiger partial charge is 0.337 e. The molecule has 2 aromatic rings. The predicted octanol–water partition coefficient (Wildman–Crippen LogP) is 2.54. The molecule has 1 atom stereocenters. The molecule has 0 aromatic heterocycles. The standard InChI is InChI=1S/C20H22FN3O2.ClH/c1-14-2-4-15(5-3-14)18(22)20(26)24-12-10-23(11-13-24)19(25)16-6-8-17(21)9-7-16;/h2-9,18H,10-13,22H2,1H3;1H. The van der Waals surface area contributed by atoms with E-state index in [-0.39, 0.29) is 30.0 Å². The molecule has 1 unspecified atom stereocenters. The van der Waals surface area contributed by atoms with E-state index in [1.54, 1.807) is 9.80 Å². The van der Waals surface area contributed by atoms with Gasteiger partial charge in [-0.2, -0.15) is 0 Å². The molecule has 2 amide bonds. The summed E-state index contributed by atoms with van der Waals surface area (Å²) in [6.45, 7) is 3.72. The first-order valence-corrected chi connectivity index (χ1v) is 8.61. The van der Waals surface area contributed by atoms with Gasteiger partial charge in [-0.3, -0.25) is 9.59 Å². The van der Waals surface area contributed by atoms with Crippen LogP contribution in [0, 0.1) is 12.7 Å². The Kier molecular flexibility index (Phi) is 6.93. The number of hydrogen-bond donors (Lipinski definition) is 1. The summed E-state index contributed by atoms with van der Waals surface area (Å²) in [4.78, 5) is 28.4. The lowest BCUT2D eigenvalue weighted by molar-refractivity contribution is -0.134. The fourth-order valence-corrected chi connectivity index (χ4v) is 3.02. The number of nitrogens with two attached hydrogens (primary N) is 1. The molecule has 0 spiro atoms. The lowest BCUT2D eigenvalue weighted by Crippen LogP contribution is -2.52. The van der Waals surface area contributed by atoms with Crippen molar-refractivity contribution in [2.75, 3.05) is 26.2 Å². The summed E-state index contributed by atoms with van der Waals surface area (Å²) >= 11 is 0. The summed E-state index contributed by atoms with van der Waals surface area (Å²) in [5.41, 5.74) is 8.45. The van der Waals surface area contributed by atoms with Crippen LogP contribution >= 0.6 is 12.4 Å². The maximum Gasteiger partial charge on any atom is 0.253 e. The number of aryl methyl sites for hydroxylation is 1. The third-order valence-electron chi connectivity index (χ3n) is 4.67. The normalized spacial score (nSPS) is 15.1. The number of hydrogen-bond acceptors (Lipinski definition) is 3. The van der Waals surface area contributed by atoms with E-state index in [0.29, 0.717) is 31.7 Å². The van der Waals surface area contributed by atoms with E-state index in [1.807, 2.05) is 31.2 Å². The molecule has 1 fully saturated rings. The van der Waals surface area contributed by atoms with E-state index in [4.69, 9.17) is 5.73 Å². The van der Waals surface area contributed by atoms with Crippen LogP contribution in [-0.4, -0.2) is 47.8 Å². The minimum absolute atomic E-state index is 0. The highest BCUT2D eigenvalue weighted by Crippen LogP contribution is 2.16. The first-order chi connectivity index (χ1) is 12.5. The van der Waals surface area contributed by atoms with E-state index >= 15 is 0 Å². The van der Waals surface area contributed by atoms with Crippen molar-refractivity contribution in [3.8, 4) is 0 Å². The van der Waals surface area contributed by atoms with Gasteiger partial charge < -0.3 is 15.5 Å². The van der Waals surface area contributed by atoms with Crippen LogP contribution in [0.15, 0.2) is 48.5 Å². The molecule has 2 N–H and O–H groups in total. The SMILES string of the molecule is Cc1ccc(C(N)C(=O)N2CCN(C(=O)c3ccc(F)cc3)CC2)cc1.Cl. The topological polar surface area (TPSA) is 66.6 Å². The van der Waals surface area contributed by atoms with E-state index in [0.717, 1.165) is 11.1 Å². The van der Waals surface area contributed by atoms with Gasteiger partial charge in [0.25, 0.3) is 5.91 Å². The van der Waals surface area contributed by atoms with E-state index in [2.05, 4.69) is 0 Å². The predicted molar refractivity (Wildman–Crippen MR) is 104 cm³/mol. The quantitative estimate of drug-likeness (QED) is 0.874. The highest BCUT2D eigenvalue weighted by atomic mass is 35.5. The van der Waals surface area contributed by atoms with Crippen molar-refractivity contribution in [1.82, 2.24) is 9.80 Å². The Labute approximate surface area is 164 Å². The summed E-state index contributed by atoms with van der Waals surface area (Å²) in [7, 11) is 0. The van der Waals surface area contributed by atoms with Crippen LogP contribution in [-0.2, 0) is 4.79 Å². The number of carbonyl (C=O) groups is 2. The van der Waals surface area contributed by atoms with Crippen LogP contribution in [0.25, 0.3) is 0 Å². The third kappa shape index (κ3) is 4.84. The van der Waals surface area contributed by atoms with Crippen molar-refractivity contribution < 1.29 is 14.0 Å². The van der Waals surface area contributed by atoms with E-state index in [1.165, 1.54) is 24.3 Å². The second kappa shape index (κ2) is 8.97. The van der Waals surface area contributed by atoms with Gasteiger partial charge in [0.15, 0.2) is 0 Å². The van der Waals surface area contributed by atoms with Crippen molar-refractivity contribution >= 4 is 24.2 Å². The van der Waals surface area contributed by atoms with Crippen LogP contribution in [0.3, 0.4) is 0 Å². The molecule has 1 aliphatic rings. The minimum Gasteiger partial charge on any atom is -0.337 e. The molecule has 0 aliphatic carbocycles. The monoisotopic (exact) mass is 391 g/mol. The van der Waals surface area contributed by atoms with Gasteiger partial charge in [0.1, 0.15) is 11.9 Å². The lowest BCUT2D eigenvalue weighted by Gasteiger charge is -2.36. The van der Waals surface area contributed by atoms with Crippen LogP contribution < -0.4 is 5.73 Å². The molecule has 5 nitrogen and oxygen atoms in total. The van der Waals surface area contributed by atoms with E-state index in [9.17, 15) is 14.0 Å². The van der Waals surface area contributed by atoms with Gasteiger partial charge in [-0.15, -0.1) is 12.4 Å². The van der Waals surface area contributed by atoms with Crippen molar-refractivity contribution in [2.45, 2.75) is 13.0 Å². The Balaban J connectivity index is 0.00000261. The number of amides is 2. The maximum atomic E-state index is 13.0. The molecule has 27 heavy (non-hydrogen) atoms. The van der Waals surface area contributed by atoms with Crippen molar-refractivity contribution in [1.29, 1.82) is 0 Å². The second-order valence-electron chi connectivity index (χ2n) is 6.51. The zero-order chi connectivity index (χ0) is 18.7. The molecule has 0 bridgehead atoms. The number of benzene rings is 2. The van der Waals surface area contributed by atoms with Gasteiger partial charge in [-0.05, 0) is 36.8 Å². The molecule has 144 valence electrons. The summed E-state index contributed by atoms with van der Waals surface area (Å²) in [5, 5.41) is 0. The van der Waals surface area contributed by atoms with Crippen LogP contribution in [0.2, 0.25) is 0 Å². The first kappa shape index (κ1) is 20.9. The summed E-state index contributed by atoms with van der Waals surface area (Å²) in [6, 6.07) is 12.4. The molecule has 3 rings (SSSR count). The molecule has 0 radical (unpaired) electrons. The summed E-state index contributed by atoms with van der Waals surface area (Å²) in [5.74, 6) is -0.662. The average molecular weight is 392 g/mol. The van der Waals surface area contributed by atoms with Gasteiger partial charge in [0, 0.05) is 31.7 Å². The molecule has 1 saturated heterocycles. The van der Waals surface area contributed by atoms with Crippen LogP contribution in [0.5, 0.6) is 0 Å². The zero-order valence-corrected chi connectivity index (χ0v) is 15.9. The van der Waals surface area contributed by atoms with Crippen LogP contribution in [0.1, 0.15) is 27.5 Å². The molecular formula is C20H23ClFN3O2. The number of carbonyl (C=O) groups excluding carboxylic acids is 2. The molecule has 0 saturated carbocycles. The Morgan fingerprint density at radius 2 is 1.44 bits per heavy atom. The Hall–Kier alpha value is -2.44. The highest BCUT2D eigenvalue weighted by molar-refractivity contribution is 5.94.